The van der Waals surface area contributed by atoms with Crippen molar-refractivity contribution < 1.29 is 36.8 Å². The van der Waals surface area contributed by atoms with E-state index in [2.05, 4.69) is 36.4 Å². The van der Waals surface area contributed by atoms with E-state index in [0.29, 0.717) is 0 Å². The molecule has 0 N–H and O–H groups in total. The zero-order valence-electron chi connectivity index (χ0n) is 6.63. The van der Waals surface area contributed by atoms with Gasteiger partial charge >= 0.3 is 82.0 Å². The molecule has 0 saturated carbocycles. The molecule has 1 atom stereocenters. The molecule has 0 fully saturated rings. The molecule has 0 aliphatic heterocycles. The minimum absolute atomic E-state index is 0. The van der Waals surface area contributed by atoms with Crippen molar-refractivity contribution in [3.63, 3.8) is 0 Å². The van der Waals surface area contributed by atoms with E-state index in [1.807, 2.05) is 0 Å². The van der Waals surface area contributed by atoms with E-state index in [9.17, 15) is 0 Å². The summed E-state index contributed by atoms with van der Waals surface area (Å²) in [6, 6.07) is 8.69. The van der Waals surface area contributed by atoms with Crippen LogP contribution in [0, 0.1) is 0 Å². The Hall–Kier alpha value is 0.120. The fourth-order valence-electron chi connectivity index (χ4n) is 1.50. The normalized spacial score (nSPS) is 18.4. The number of rotatable bonds is 1. The van der Waals surface area contributed by atoms with Crippen molar-refractivity contribution >= 4 is 6.08 Å². The summed E-state index contributed by atoms with van der Waals surface area (Å²) in [6.45, 7) is 0. The molecule has 0 spiro atoms. The molecule has 0 saturated heterocycles. The van der Waals surface area contributed by atoms with Gasteiger partial charge in [-0.1, -0.05) is 0 Å². The number of benzene rings is 1. The van der Waals surface area contributed by atoms with E-state index in [4.69, 9.17) is 0 Å². The third-order valence-electron chi connectivity index (χ3n) is 2.12. The summed E-state index contributed by atoms with van der Waals surface area (Å²) in [4.78, 5) is 0. The number of fused-ring (bicyclic) bond motifs is 1. The zero-order chi connectivity index (χ0) is 7.68. The number of halogens is 1. The number of allylic oxidation sites excluding steroid dienone is 1. The van der Waals surface area contributed by atoms with E-state index in [0.717, 1.165) is 5.92 Å². The second-order valence-electron chi connectivity index (χ2n) is 2.80. The Morgan fingerprint density at radius 1 is 1.25 bits per heavy atom. The molecule has 1 aliphatic rings. The minimum atomic E-state index is 0. The Labute approximate surface area is 94.0 Å². The standard InChI is InChI=1S/C10H9.ClH.Hf/c1-8-6-7-9-4-2-3-5-10(8)9;;/h2-8H,1H2;1H;/q;;+1/p-1. The van der Waals surface area contributed by atoms with Gasteiger partial charge in [-0.3, -0.25) is 0 Å². The van der Waals surface area contributed by atoms with Crippen LogP contribution in [-0.4, -0.2) is 0 Å². The Balaban J connectivity index is 0.000000720. The van der Waals surface area contributed by atoms with Crippen molar-refractivity contribution in [3.8, 4) is 0 Å². The SMILES string of the molecule is [Cl-].[Hf+][CH2]C1C=Cc2ccccc21. The van der Waals surface area contributed by atoms with Crippen molar-refractivity contribution in [3.05, 3.63) is 41.5 Å². The Morgan fingerprint density at radius 2 is 2.00 bits per heavy atom. The topological polar surface area (TPSA) is 0 Å². The predicted molar refractivity (Wildman–Crippen MR) is 43.0 cm³/mol. The summed E-state index contributed by atoms with van der Waals surface area (Å²) in [5.41, 5.74) is 2.95. The zero-order valence-corrected chi connectivity index (χ0v) is 11.0. The van der Waals surface area contributed by atoms with Crippen molar-refractivity contribution in [1.29, 1.82) is 0 Å². The summed E-state index contributed by atoms with van der Waals surface area (Å²) in [7, 11) is 0. The first-order chi connectivity index (χ1) is 5.42. The maximum atomic E-state index is 2.33. The Morgan fingerprint density at radius 3 is 2.75 bits per heavy atom. The van der Waals surface area contributed by atoms with E-state index in [1.165, 1.54) is 39.7 Å². The fourth-order valence-corrected chi connectivity index (χ4v) is 2.78. The molecule has 1 aromatic rings. The van der Waals surface area contributed by atoms with Crippen molar-refractivity contribution in [2.24, 2.45) is 0 Å². The molecule has 1 aromatic carbocycles. The molecule has 2 rings (SSSR count). The van der Waals surface area contributed by atoms with Crippen LogP contribution in [0.25, 0.3) is 6.08 Å². The van der Waals surface area contributed by atoms with E-state index in [1.54, 1.807) is 0 Å². The monoisotopic (exact) mass is 344 g/mol. The van der Waals surface area contributed by atoms with E-state index in [-0.39, 0.29) is 12.4 Å². The van der Waals surface area contributed by atoms with Crippen LogP contribution in [-0.2, 0) is 24.4 Å². The molecule has 1 aliphatic carbocycles. The third-order valence-corrected chi connectivity index (χ3v) is 3.70. The molecule has 0 aromatic heterocycles. The Bertz CT molecular complexity index is 294. The predicted octanol–water partition coefficient (Wildman–Crippen LogP) is -0.234. The van der Waals surface area contributed by atoms with Crippen LogP contribution in [0.4, 0.5) is 0 Å². The summed E-state index contributed by atoms with van der Waals surface area (Å²) >= 11 is 1.30. The molecule has 0 nitrogen and oxygen atoms in total. The molecule has 0 heterocycles. The molecule has 0 radical (unpaired) electrons. The van der Waals surface area contributed by atoms with Gasteiger partial charge in [-0.25, -0.2) is 0 Å². The molecular formula is C10H9ClHf. The molecular weight excluding hydrogens is 334 g/mol. The first-order valence-electron chi connectivity index (χ1n) is 3.83. The summed E-state index contributed by atoms with van der Waals surface area (Å²) < 4.78 is 1.35. The number of hydrogen-bond acceptors (Lipinski definition) is 0. The van der Waals surface area contributed by atoms with Crippen LogP contribution < -0.4 is 12.4 Å². The third kappa shape index (κ3) is 1.72. The first kappa shape index (κ1) is 10.2. The fraction of sp³-hybridized carbons (Fsp3) is 0.200. The van der Waals surface area contributed by atoms with Crippen molar-refractivity contribution in [2.75, 3.05) is 0 Å². The van der Waals surface area contributed by atoms with E-state index < -0.39 is 0 Å². The maximum absolute atomic E-state index is 2.33. The van der Waals surface area contributed by atoms with Crippen LogP contribution in [0.5, 0.6) is 0 Å². The second kappa shape index (κ2) is 4.38. The average Bonchev–Trinajstić information content (AvgIpc) is 2.47. The van der Waals surface area contributed by atoms with Gasteiger partial charge in [0.05, 0.1) is 0 Å². The van der Waals surface area contributed by atoms with E-state index >= 15 is 0 Å². The summed E-state index contributed by atoms with van der Waals surface area (Å²) in [5, 5.41) is 0. The summed E-state index contributed by atoms with van der Waals surface area (Å²) in [5.74, 6) is 0.734. The van der Waals surface area contributed by atoms with Crippen LogP contribution in [0.15, 0.2) is 30.3 Å². The second-order valence-corrected chi connectivity index (χ2v) is 4.27. The Kier molecular flexibility index (Phi) is 3.73. The van der Waals surface area contributed by atoms with Crippen molar-refractivity contribution in [1.82, 2.24) is 0 Å². The molecule has 0 bridgehead atoms. The van der Waals surface area contributed by atoms with Gasteiger partial charge in [0.25, 0.3) is 0 Å². The first-order valence-corrected chi connectivity index (χ1v) is 6.37. The average molecular weight is 343 g/mol. The quantitative estimate of drug-likeness (QED) is 0.618. The van der Waals surface area contributed by atoms with Crippen LogP contribution >= 0.6 is 0 Å². The molecule has 60 valence electrons. The van der Waals surface area contributed by atoms with Gasteiger partial charge in [0.2, 0.25) is 0 Å². The van der Waals surface area contributed by atoms with Crippen LogP contribution in [0.1, 0.15) is 17.0 Å². The van der Waals surface area contributed by atoms with Gasteiger partial charge in [0.15, 0.2) is 0 Å². The van der Waals surface area contributed by atoms with Crippen LogP contribution in [0.3, 0.4) is 0 Å². The molecule has 0 amide bonds. The van der Waals surface area contributed by atoms with Gasteiger partial charge in [0, 0.05) is 0 Å². The van der Waals surface area contributed by atoms with Gasteiger partial charge in [-0.2, -0.15) is 0 Å². The van der Waals surface area contributed by atoms with Gasteiger partial charge in [-0.15, -0.1) is 0 Å². The molecule has 2 heteroatoms. The van der Waals surface area contributed by atoms with Gasteiger partial charge in [0.1, 0.15) is 0 Å². The molecule has 1 unspecified atom stereocenters. The number of hydrogen-bond donors (Lipinski definition) is 0. The van der Waals surface area contributed by atoms with Gasteiger partial charge < -0.3 is 12.4 Å². The van der Waals surface area contributed by atoms with Gasteiger partial charge in [-0.05, 0) is 0 Å². The molecule has 12 heavy (non-hydrogen) atoms. The summed E-state index contributed by atoms with van der Waals surface area (Å²) in [6.07, 6.45) is 4.58. The van der Waals surface area contributed by atoms with Crippen molar-refractivity contribution in [2.45, 2.75) is 10.1 Å². The van der Waals surface area contributed by atoms with Crippen LogP contribution in [0.2, 0.25) is 4.18 Å².